The van der Waals surface area contributed by atoms with Crippen LogP contribution in [0.25, 0.3) is 17.2 Å². The van der Waals surface area contributed by atoms with Crippen molar-refractivity contribution in [3.05, 3.63) is 54.5 Å². The molecule has 2 aromatic heterocycles. The summed E-state index contributed by atoms with van der Waals surface area (Å²) in [6.45, 7) is 2.92. The lowest BCUT2D eigenvalue weighted by Crippen LogP contribution is -2.56. The number of nitrogens with zero attached hydrogens (tertiary/aromatic N) is 7. The van der Waals surface area contributed by atoms with Gasteiger partial charge in [0, 0.05) is 44.2 Å². The summed E-state index contributed by atoms with van der Waals surface area (Å²) < 4.78 is 6.38. The van der Waals surface area contributed by atoms with Crippen LogP contribution in [-0.2, 0) is 14.3 Å². The van der Waals surface area contributed by atoms with Gasteiger partial charge in [-0.25, -0.2) is 19.4 Å². The molecule has 39 heavy (non-hydrogen) atoms. The first-order valence-corrected chi connectivity index (χ1v) is 12.4. The molecule has 3 amide bonds. The largest absolute Gasteiger partial charge is 0.481 e. The Hall–Kier alpha value is -4.88. The Bertz CT molecular complexity index is 1310. The average Bonchev–Trinajstić information content (AvgIpc) is 3.50. The Labute approximate surface area is 223 Å². The summed E-state index contributed by atoms with van der Waals surface area (Å²) in [6.07, 6.45) is 2.12. The van der Waals surface area contributed by atoms with Gasteiger partial charge in [0.1, 0.15) is 11.7 Å². The maximum Gasteiger partial charge on any atom is 0.409 e. The first kappa shape index (κ1) is 27.2. The predicted molar refractivity (Wildman–Crippen MR) is 136 cm³/mol. The van der Waals surface area contributed by atoms with E-state index in [-0.39, 0.29) is 63.0 Å². The normalized spacial score (nSPS) is 14.0. The summed E-state index contributed by atoms with van der Waals surface area (Å²) in [5.41, 5.74) is 0.626. The second-order valence-corrected chi connectivity index (χ2v) is 8.62. The van der Waals surface area contributed by atoms with E-state index in [4.69, 9.17) is 4.74 Å². The fourth-order valence-corrected chi connectivity index (χ4v) is 4.02. The van der Waals surface area contributed by atoms with Crippen LogP contribution in [0.4, 0.5) is 4.79 Å². The van der Waals surface area contributed by atoms with Crippen molar-refractivity contribution in [2.45, 2.75) is 25.8 Å². The molecular formula is C25H28N8O6. The minimum absolute atomic E-state index is 0.0328. The van der Waals surface area contributed by atoms with Crippen molar-refractivity contribution in [1.29, 1.82) is 0 Å². The zero-order chi connectivity index (χ0) is 27.8. The molecule has 0 unspecified atom stereocenters. The summed E-state index contributed by atoms with van der Waals surface area (Å²) in [5.74, 6) is -1.67. The number of nitrogens with one attached hydrogen (secondary N) is 1. The van der Waals surface area contributed by atoms with Gasteiger partial charge >= 0.3 is 12.1 Å². The lowest BCUT2D eigenvalue weighted by Gasteiger charge is -2.35. The zero-order valence-corrected chi connectivity index (χ0v) is 21.3. The topological polar surface area (TPSA) is 173 Å². The highest BCUT2D eigenvalue weighted by Gasteiger charge is 2.31. The third-order valence-corrected chi connectivity index (χ3v) is 6.00. The molecule has 1 aromatic carbocycles. The number of carbonyl (C=O) groups excluding carboxylic acids is 3. The predicted octanol–water partition coefficient (Wildman–Crippen LogP) is 0.988. The molecule has 2 N–H and O–H groups in total. The number of aromatic nitrogens is 5. The highest BCUT2D eigenvalue weighted by atomic mass is 16.6. The van der Waals surface area contributed by atoms with E-state index in [1.54, 1.807) is 25.3 Å². The summed E-state index contributed by atoms with van der Waals surface area (Å²) >= 11 is 0. The number of piperazine rings is 1. The molecule has 0 radical (unpaired) electrons. The molecule has 0 aliphatic carbocycles. The van der Waals surface area contributed by atoms with Gasteiger partial charge in [0.15, 0.2) is 11.6 Å². The van der Waals surface area contributed by atoms with Crippen LogP contribution in [-0.4, -0.2) is 103 Å². The number of benzene rings is 1. The van der Waals surface area contributed by atoms with Gasteiger partial charge in [-0.05, 0) is 13.3 Å². The van der Waals surface area contributed by atoms with Crippen molar-refractivity contribution in [2.24, 2.45) is 0 Å². The standard InChI is InChI=1S/C25H28N8O6/c1-2-39-25(38)32-14-12-31(13-15-32)24(37)18(8-9-21(34)35)28-23(36)19-16-20(33-11-10-26-30-33)29-22(27-19)17-6-4-3-5-7-17/h3-7,10-11,16,18H,2,8-9,12-15H2,1H3,(H,28,36)(H,34,35)/t18-/m0/s1. The Morgan fingerprint density at radius 1 is 1.05 bits per heavy atom. The number of carboxylic acids is 1. The summed E-state index contributed by atoms with van der Waals surface area (Å²) in [7, 11) is 0. The van der Waals surface area contributed by atoms with Gasteiger partial charge in [-0.15, -0.1) is 5.10 Å². The fourth-order valence-electron chi connectivity index (χ4n) is 4.02. The fraction of sp³-hybridized carbons (Fsp3) is 0.360. The maximum absolute atomic E-state index is 13.4. The number of hydrogen-bond donors (Lipinski definition) is 2. The molecule has 3 heterocycles. The lowest BCUT2D eigenvalue weighted by molar-refractivity contribution is -0.138. The number of rotatable bonds is 9. The van der Waals surface area contributed by atoms with Crippen LogP contribution in [0.15, 0.2) is 48.8 Å². The van der Waals surface area contributed by atoms with Crippen LogP contribution in [0, 0.1) is 0 Å². The summed E-state index contributed by atoms with van der Waals surface area (Å²) in [4.78, 5) is 61.9. The van der Waals surface area contributed by atoms with Gasteiger partial charge in [0.2, 0.25) is 5.91 Å². The zero-order valence-electron chi connectivity index (χ0n) is 21.3. The molecule has 14 nitrogen and oxygen atoms in total. The van der Waals surface area contributed by atoms with Crippen LogP contribution in [0.5, 0.6) is 0 Å². The van der Waals surface area contributed by atoms with Gasteiger partial charge in [-0.1, -0.05) is 35.5 Å². The molecule has 0 spiro atoms. The number of aliphatic carboxylic acids is 1. The SMILES string of the molecule is CCOC(=O)N1CCN(C(=O)[C@H](CCC(=O)O)NC(=O)c2cc(-n3ccnn3)nc(-c3ccccc3)n2)CC1. The lowest BCUT2D eigenvalue weighted by atomic mass is 10.1. The number of carbonyl (C=O) groups is 4. The molecule has 1 saturated heterocycles. The summed E-state index contributed by atoms with van der Waals surface area (Å²) in [5, 5.41) is 19.6. The number of hydrogen-bond acceptors (Lipinski definition) is 9. The van der Waals surface area contributed by atoms with Crippen molar-refractivity contribution in [3.8, 4) is 17.2 Å². The van der Waals surface area contributed by atoms with E-state index in [2.05, 4.69) is 25.6 Å². The van der Waals surface area contributed by atoms with E-state index in [0.717, 1.165) is 0 Å². The molecule has 1 atom stereocenters. The molecule has 3 aromatic rings. The molecule has 1 aliphatic heterocycles. The molecule has 0 bridgehead atoms. The van der Waals surface area contributed by atoms with Gasteiger partial charge in [0.25, 0.3) is 5.91 Å². The maximum atomic E-state index is 13.4. The molecular weight excluding hydrogens is 508 g/mol. The van der Waals surface area contributed by atoms with E-state index in [1.807, 2.05) is 18.2 Å². The van der Waals surface area contributed by atoms with Crippen LogP contribution in [0.1, 0.15) is 30.3 Å². The molecule has 1 aliphatic rings. The Kier molecular flexibility index (Phi) is 8.76. The highest BCUT2D eigenvalue weighted by molar-refractivity contribution is 5.97. The molecule has 14 heteroatoms. The van der Waals surface area contributed by atoms with Crippen molar-refractivity contribution in [3.63, 3.8) is 0 Å². The van der Waals surface area contributed by atoms with Crippen molar-refractivity contribution in [1.82, 2.24) is 40.1 Å². The molecule has 1 fully saturated rings. The van der Waals surface area contributed by atoms with Gasteiger partial charge in [-0.3, -0.25) is 14.4 Å². The first-order chi connectivity index (χ1) is 18.9. The quantitative estimate of drug-likeness (QED) is 0.401. The number of ether oxygens (including phenoxy) is 1. The van der Waals surface area contributed by atoms with E-state index in [9.17, 15) is 24.3 Å². The monoisotopic (exact) mass is 536 g/mol. The summed E-state index contributed by atoms with van der Waals surface area (Å²) in [6, 6.07) is 9.32. The number of carboxylic acid groups (broad SMARTS) is 1. The molecule has 4 rings (SSSR count). The second-order valence-electron chi connectivity index (χ2n) is 8.62. The highest BCUT2D eigenvalue weighted by Crippen LogP contribution is 2.18. The first-order valence-electron chi connectivity index (χ1n) is 12.4. The Balaban J connectivity index is 1.55. The minimum atomic E-state index is -1.12. The third-order valence-electron chi connectivity index (χ3n) is 6.00. The van der Waals surface area contributed by atoms with Crippen molar-refractivity contribution < 1.29 is 29.0 Å². The molecule has 204 valence electrons. The Morgan fingerprint density at radius 2 is 1.77 bits per heavy atom. The minimum Gasteiger partial charge on any atom is -0.481 e. The average molecular weight is 537 g/mol. The smallest absolute Gasteiger partial charge is 0.409 e. The van der Waals surface area contributed by atoms with Crippen LogP contribution in [0.3, 0.4) is 0 Å². The van der Waals surface area contributed by atoms with Gasteiger partial charge in [-0.2, -0.15) is 0 Å². The van der Waals surface area contributed by atoms with Crippen LogP contribution >= 0.6 is 0 Å². The van der Waals surface area contributed by atoms with Crippen LogP contribution < -0.4 is 5.32 Å². The third kappa shape index (κ3) is 6.91. The van der Waals surface area contributed by atoms with Gasteiger partial charge in [0.05, 0.1) is 19.0 Å². The van der Waals surface area contributed by atoms with Crippen molar-refractivity contribution >= 4 is 23.9 Å². The van der Waals surface area contributed by atoms with E-state index >= 15 is 0 Å². The van der Waals surface area contributed by atoms with Gasteiger partial charge < -0.3 is 25.0 Å². The second kappa shape index (κ2) is 12.6. The Morgan fingerprint density at radius 3 is 2.41 bits per heavy atom. The number of amides is 3. The van der Waals surface area contributed by atoms with Crippen molar-refractivity contribution in [2.75, 3.05) is 32.8 Å². The van der Waals surface area contributed by atoms with E-state index < -0.39 is 29.9 Å². The van der Waals surface area contributed by atoms with Crippen LogP contribution in [0.2, 0.25) is 0 Å². The van der Waals surface area contributed by atoms with E-state index in [0.29, 0.717) is 5.56 Å². The molecule has 0 saturated carbocycles. The van der Waals surface area contributed by atoms with E-state index in [1.165, 1.54) is 26.7 Å².